The smallest absolute Gasteiger partial charge is 0.246 e. The number of anilines is 1. The van der Waals surface area contributed by atoms with E-state index in [1.165, 1.54) is 5.69 Å². The minimum atomic E-state index is 0.0474. The average Bonchev–Trinajstić information content (AvgIpc) is 3.03. The van der Waals surface area contributed by atoms with Gasteiger partial charge in [0.05, 0.1) is 5.02 Å². The van der Waals surface area contributed by atoms with Crippen molar-refractivity contribution in [2.75, 3.05) is 31.1 Å². The van der Waals surface area contributed by atoms with E-state index in [1.807, 2.05) is 53.4 Å². The first-order valence-corrected chi connectivity index (χ1v) is 9.86. The summed E-state index contributed by atoms with van der Waals surface area (Å²) in [5, 5.41) is 1.77. The second-order valence-electron chi connectivity index (χ2n) is 6.26. The molecule has 3 nitrogen and oxygen atoms in total. The molecule has 0 atom stereocenters. The summed E-state index contributed by atoms with van der Waals surface area (Å²) < 4.78 is 1.14. The molecule has 1 saturated heterocycles. The lowest BCUT2D eigenvalue weighted by atomic mass is 10.2. The van der Waals surface area contributed by atoms with Gasteiger partial charge in [-0.2, -0.15) is 0 Å². The SMILES string of the molecule is O=C(/C=C/c1sc2ccccc2c1Cl)N1CCN(c2ccccc2)CC1. The maximum absolute atomic E-state index is 12.5. The van der Waals surface area contributed by atoms with Gasteiger partial charge in [-0.25, -0.2) is 0 Å². The molecule has 1 aliphatic rings. The average molecular weight is 383 g/mol. The number of piperazine rings is 1. The molecule has 0 saturated carbocycles. The van der Waals surface area contributed by atoms with E-state index in [4.69, 9.17) is 11.6 Å². The van der Waals surface area contributed by atoms with Crippen molar-refractivity contribution in [3.05, 3.63) is 70.6 Å². The number of carbonyl (C=O) groups excluding carboxylic acids is 1. The van der Waals surface area contributed by atoms with Crippen LogP contribution < -0.4 is 4.90 Å². The number of benzene rings is 2. The first-order chi connectivity index (χ1) is 12.7. The van der Waals surface area contributed by atoms with Crippen molar-refractivity contribution >= 4 is 50.7 Å². The van der Waals surface area contributed by atoms with Crippen LogP contribution in [0.15, 0.2) is 60.7 Å². The minimum Gasteiger partial charge on any atom is -0.368 e. The predicted molar refractivity (Wildman–Crippen MR) is 111 cm³/mol. The zero-order chi connectivity index (χ0) is 17.9. The Morgan fingerprint density at radius 2 is 1.65 bits per heavy atom. The zero-order valence-corrected chi connectivity index (χ0v) is 15.8. The van der Waals surface area contributed by atoms with Crippen molar-refractivity contribution in [1.29, 1.82) is 0 Å². The molecule has 1 amide bonds. The summed E-state index contributed by atoms with van der Waals surface area (Å²) in [6.45, 7) is 3.18. The van der Waals surface area contributed by atoms with Crippen molar-refractivity contribution in [2.45, 2.75) is 0 Å². The molecule has 3 aromatic rings. The lowest BCUT2D eigenvalue weighted by molar-refractivity contribution is -0.126. The third kappa shape index (κ3) is 3.48. The Kier molecular flexibility index (Phi) is 4.96. The first-order valence-electron chi connectivity index (χ1n) is 8.66. The van der Waals surface area contributed by atoms with Crippen LogP contribution in [0.2, 0.25) is 5.02 Å². The molecule has 26 heavy (non-hydrogen) atoms. The molecule has 1 aromatic heterocycles. The number of carbonyl (C=O) groups is 1. The van der Waals surface area contributed by atoms with Crippen LogP contribution in [0, 0.1) is 0 Å². The Hall–Kier alpha value is -2.30. The number of hydrogen-bond acceptors (Lipinski definition) is 3. The lowest BCUT2D eigenvalue weighted by Gasteiger charge is -2.35. The Morgan fingerprint density at radius 3 is 2.38 bits per heavy atom. The van der Waals surface area contributed by atoms with Crippen LogP contribution in [-0.4, -0.2) is 37.0 Å². The lowest BCUT2D eigenvalue weighted by Crippen LogP contribution is -2.48. The molecule has 2 aromatic carbocycles. The van der Waals surface area contributed by atoms with E-state index in [0.29, 0.717) is 0 Å². The van der Waals surface area contributed by atoms with Crippen LogP contribution in [-0.2, 0) is 4.79 Å². The third-order valence-electron chi connectivity index (χ3n) is 4.65. The van der Waals surface area contributed by atoms with Gasteiger partial charge in [-0.05, 0) is 24.3 Å². The fourth-order valence-corrected chi connectivity index (χ4v) is 4.62. The number of para-hydroxylation sites is 1. The maximum atomic E-state index is 12.5. The Bertz CT molecular complexity index is 943. The molecule has 0 N–H and O–H groups in total. The highest BCUT2D eigenvalue weighted by molar-refractivity contribution is 7.20. The highest BCUT2D eigenvalue weighted by atomic mass is 35.5. The van der Waals surface area contributed by atoms with Gasteiger partial charge < -0.3 is 9.80 Å². The number of rotatable bonds is 3. The third-order valence-corrected chi connectivity index (χ3v) is 6.31. The summed E-state index contributed by atoms with van der Waals surface area (Å²) in [5.74, 6) is 0.0474. The molecule has 1 aliphatic heterocycles. The molecular formula is C21H19ClN2OS. The number of fused-ring (bicyclic) bond motifs is 1. The summed E-state index contributed by atoms with van der Waals surface area (Å²) >= 11 is 8.05. The molecule has 0 spiro atoms. The van der Waals surface area contributed by atoms with Crippen LogP contribution in [0.4, 0.5) is 5.69 Å². The molecule has 4 rings (SSSR count). The molecular weight excluding hydrogens is 364 g/mol. The first kappa shape index (κ1) is 17.1. The van der Waals surface area contributed by atoms with Gasteiger partial charge in [0.1, 0.15) is 0 Å². The highest BCUT2D eigenvalue weighted by Gasteiger charge is 2.19. The van der Waals surface area contributed by atoms with Crippen LogP contribution in [0.5, 0.6) is 0 Å². The van der Waals surface area contributed by atoms with Gasteiger partial charge in [-0.15, -0.1) is 11.3 Å². The molecule has 1 fully saturated rings. The Morgan fingerprint density at radius 1 is 0.962 bits per heavy atom. The van der Waals surface area contributed by atoms with Crippen molar-refractivity contribution in [3.63, 3.8) is 0 Å². The Balaban J connectivity index is 1.41. The van der Waals surface area contributed by atoms with E-state index in [1.54, 1.807) is 17.4 Å². The van der Waals surface area contributed by atoms with E-state index in [0.717, 1.165) is 46.2 Å². The fourth-order valence-electron chi connectivity index (χ4n) is 3.22. The van der Waals surface area contributed by atoms with Crippen molar-refractivity contribution < 1.29 is 4.79 Å². The molecule has 132 valence electrons. The van der Waals surface area contributed by atoms with E-state index in [2.05, 4.69) is 17.0 Å². The molecule has 0 unspecified atom stereocenters. The van der Waals surface area contributed by atoms with E-state index < -0.39 is 0 Å². The molecule has 2 heterocycles. The monoisotopic (exact) mass is 382 g/mol. The van der Waals surface area contributed by atoms with Crippen LogP contribution in [0.3, 0.4) is 0 Å². The normalized spacial score (nSPS) is 15.1. The zero-order valence-electron chi connectivity index (χ0n) is 14.3. The molecule has 0 radical (unpaired) electrons. The van der Waals surface area contributed by atoms with E-state index in [-0.39, 0.29) is 5.91 Å². The summed E-state index contributed by atoms with van der Waals surface area (Å²) in [4.78, 5) is 17.7. The van der Waals surface area contributed by atoms with Crippen LogP contribution in [0.25, 0.3) is 16.2 Å². The summed E-state index contributed by atoms with van der Waals surface area (Å²) in [6, 6.07) is 18.4. The predicted octanol–water partition coefficient (Wildman–Crippen LogP) is 4.92. The molecule has 0 bridgehead atoms. The minimum absolute atomic E-state index is 0.0474. The van der Waals surface area contributed by atoms with Crippen LogP contribution in [0.1, 0.15) is 4.88 Å². The number of nitrogens with zero attached hydrogens (tertiary/aromatic N) is 2. The van der Waals surface area contributed by atoms with E-state index in [9.17, 15) is 4.79 Å². The topological polar surface area (TPSA) is 23.6 Å². The fraction of sp³-hybridized carbons (Fsp3) is 0.190. The van der Waals surface area contributed by atoms with Crippen molar-refractivity contribution in [1.82, 2.24) is 4.90 Å². The molecule has 0 aliphatic carbocycles. The van der Waals surface area contributed by atoms with Crippen LogP contribution >= 0.6 is 22.9 Å². The van der Waals surface area contributed by atoms with Gasteiger partial charge >= 0.3 is 0 Å². The maximum Gasteiger partial charge on any atom is 0.246 e. The van der Waals surface area contributed by atoms with E-state index >= 15 is 0 Å². The number of halogens is 1. The van der Waals surface area contributed by atoms with Gasteiger partial charge in [-0.3, -0.25) is 4.79 Å². The largest absolute Gasteiger partial charge is 0.368 e. The van der Waals surface area contributed by atoms with Gasteiger partial charge in [0, 0.05) is 52.9 Å². The van der Waals surface area contributed by atoms with Gasteiger partial charge in [-0.1, -0.05) is 48.0 Å². The van der Waals surface area contributed by atoms with Gasteiger partial charge in [0.2, 0.25) is 5.91 Å². The summed E-state index contributed by atoms with van der Waals surface area (Å²) in [7, 11) is 0. The summed E-state index contributed by atoms with van der Waals surface area (Å²) in [5.41, 5.74) is 1.21. The molecule has 5 heteroatoms. The highest BCUT2D eigenvalue weighted by Crippen LogP contribution is 2.35. The standard InChI is InChI=1S/C21H19ClN2OS/c22-21-17-8-4-5-9-18(17)26-19(21)10-11-20(25)24-14-12-23(13-15-24)16-6-2-1-3-7-16/h1-11H,12-15H2/b11-10+. The van der Waals surface area contributed by atoms with Gasteiger partial charge in [0.25, 0.3) is 0 Å². The Labute approximate surface area is 162 Å². The number of thiophene rings is 1. The second-order valence-corrected chi connectivity index (χ2v) is 7.72. The number of hydrogen-bond donors (Lipinski definition) is 0. The number of amides is 1. The van der Waals surface area contributed by atoms with Crippen molar-refractivity contribution in [2.24, 2.45) is 0 Å². The summed E-state index contributed by atoms with van der Waals surface area (Å²) in [6.07, 6.45) is 3.49. The van der Waals surface area contributed by atoms with Gasteiger partial charge in [0.15, 0.2) is 0 Å². The quantitative estimate of drug-likeness (QED) is 0.600. The second kappa shape index (κ2) is 7.52. The van der Waals surface area contributed by atoms with Crippen molar-refractivity contribution in [3.8, 4) is 0 Å².